The monoisotopic (exact) mass is 392 g/mol. The lowest BCUT2D eigenvalue weighted by Gasteiger charge is -2.31. The SMILES string of the molecule is Cc1ccc(C(=O)NC2CCN(S(=O)(=O)c3ccc(C)c(C)c3)CC2)s1. The number of hydrogen-bond acceptors (Lipinski definition) is 4. The smallest absolute Gasteiger partial charge is 0.261 e. The Morgan fingerprint density at radius 1 is 1.08 bits per heavy atom. The molecule has 1 fully saturated rings. The first kappa shape index (κ1) is 19.1. The van der Waals surface area contributed by atoms with Gasteiger partial charge < -0.3 is 5.32 Å². The summed E-state index contributed by atoms with van der Waals surface area (Å²) in [6.45, 7) is 6.70. The molecular formula is C19H24N2O3S2. The summed E-state index contributed by atoms with van der Waals surface area (Å²) in [5.74, 6) is -0.0708. The number of carbonyl (C=O) groups is 1. The van der Waals surface area contributed by atoms with Crippen LogP contribution in [0.2, 0.25) is 0 Å². The highest BCUT2D eigenvalue weighted by Crippen LogP contribution is 2.23. The van der Waals surface area contributed by atoms with Crippen molar-refractivity contribution >= 4 is 27.3 Å². The summed E-state index contributed by atoms with van der Waals surface area (Å²) >= 11 is 1.47. The molecule has 0 radical (unpaired) electrons. The van der Waals surface area contributed by atoms with Gasteiger partial charge in [-0.25, -0.2) is 8.42 Å². The molecule has 1 aromatic heterocycles. The van der Waals surface area contributed by atoms with Crippen molar-refractivity contribution in [1.82, 2.24) is 9.62 Å². The summed E-state index contributed by atoms with van der Waals surface area (Å²) in [6, 6.07) is 9.02. The Morgan fingerprint density at radius 2 is 1.77 bits per heavy atom. The van der Waals surface area contributed by atoms with E-state index in [9.17, 15) is 13.2 Å². The highest BCUT2D eigenvalue weighted by Gasteiger charge is 2.30. The fourth-order valence-corrected chi connectivity index (χ4v) is 5.40. The van der Waals surface area contributed by atoms with Gasteiger partial charge in [-0.3, -0.25) is 4.79 Å². The van der Waals surface area contributed by atoms with E-state index in [1.54, 1.807) is 12.1 Å². The Kier molecular flexibility index (Phi) is 5.50. The van der Waals surface area contributed by atoms with E-state index in [-0.39, 0.29) is 11.9 Å². The second-order valence-corrected chi connectivity index (χ2v) is 10.0. The van der Waals surface area contributed by atoms with E-state index >= 15 is 0 Å². The van der Waals surface area contributed by atoms with Crippen LogP contribution < -0.4 is 5.32 Å². The van der Waals surface area contributed by atoms with Crippen molar-refractivity contribution < 1.29 is 13.2 Å². The molecule has 5 nitrogen and oxygen atoms in total. The number of thiophene rings is 1. The van der Waals surface area contributed by atoms with Crippen molar-refractivity contribution in [2.45, 2.75) is 44.6 Å². The zero-order valence-corrected chi connectivity index (χ0v) is 16.9. The maximum absolute atomic E-state index is 12.8. The number of hydrogen-bond donors (Lipinski definition) is 1. The molecule has 1 aliphatic rings. The minimum Gasteiger partial charge on any atom is -0.349 e. The normalized spacial score (nSPS) is 16.6. The highest BCUT2D eigenvalue weighted by atomic mass is 32.2. The quantitative estimate of drug-likeness (QED) is 0.868. The number of amides is 1. The number of sulfonamides is 1. The molecule has 1 aliphatic heterocycles. The minimum atomic E-state index is -3.48. The molecule has 1 aromatic carbocycles. The third kappa shape index (κ3) is 4.00. The zero-order chi connectivity index (χ0) is 18.9. The maximum atomic E-state index is 12.8. The van der Waals surface area contributed by atoms with Crippen LogP contribution in [0.3, 0.4) is 0 Å². The molecule has 0 bridgehead atoms. The third-order valence-corrected chi connectivity index (χ3v) is 7.76. The molecule has 2 aromatic rings. The van der Waals surface area contributed by atoms with Crippen LogP contribution in [0.1, 0.15) is 38.5 Å². The lowest BCUT2D eigenvalue weighted by molar-refractivity contribution is 0.0928. The summed E-state index contributed by atoms with van der Waals surface area (Å²) in [5.41, 5.74) is 2.05. The highest BCUT2D eigenvalue weighted by molar-refractivity contribution is 7.89. The van der Waals surface area contributed by atoms with Crippen LogP contribution in [0.4, 0.5) is 0 Å². The van der Waals surface area contributed by atoms with Crippen molar-refractivity contribution in [3.63, 3.8) is 0 Å². The van der Waals surface area contributed by atoms with Gasteiger partial charge in [0.25, 0.3) is 5.91 Å². The number of benzene rings is 1. The molecule has 26 heavy (non-hydrogen) atoms. The standard InChI is InChI=1S/C19H24N2O3S2/c1-13-4-6-17(12-14(13)2)26(23,24)21-10-8-16(9-11-21)20-19(22)18-7-5-15(3)25-18/h4-7,12,16H,8-11H2,1-3H3,(H,20,22). The van der Waals surface area contributed by atoms with Gasteiger partial charge >= 0.3 is 0 Å². The fourth-order valence-electron chi connectivity index (χ4n) is 3.08. The van der Waals surface area contributed by atoms with E-state index in [1.165, 1.54) is 15.6 Å². The average Bonchev–Trinajstić information content (AvgIpc) is 3.04. The van der Waals surface area contributed by atoms with Gasteiger partial charge in [-0.1, -0.05) is 6.07 Å². The molecule has 0 saturated carbocycles. The van der Waals surface area contributed by atoms with Crippen LogP contribution in [-0.4, -0.2) is 37.8 Å². The van der Waals surface area contributed by atoms with E-state index < -0.39 is 10.0 Å². The van der Waals surface area contributed by atoms with Crippen LogP contribution in [0.15, 0.2) is 35.2 Å². The summed E-state index contributed by atoms with van der Waals surface area (Å²) < 4.78 is 27.2. The molecule has 1 saturated heterocycles. The Labute approximate surface area is 159 Å². The number of nitrogens with zero attached hydrogens (tertiary/aromatic N) is 1. The maximum Gasteiger partial charge on any atom is 0.261 e. The molecule has 0 atom stereocenters. The van der Waals surface area contributed by atoms with E-state index in [2.05, 4.69) is 5.32 Å². The predicted octanol–water partition coefficient (Wildman–Crippen LogP) is 3.26. The summed E-state index contributed by atoms with van der Waals surface area (Å²) in [5, 5.41) is 3.03. The van der Waals surface area contributed by atoms with Crippen molar-refractivity contribution in [2.75, 3.05) is 13.1 Å². The van der Waals surface area contributed by atoms with Crippen LogP contribution >= 0.6 is 11.3 Å². The lowest BCUT2D eigenvalue weighted by atomic mass is 10.1. The van der Waals surface area contributed by atoms with E-state index in [0.717, 1.165) is 16.0 Å². The van der Waals surface area contributed by atoms with Gasteiger partial charge in [-0.15, -0.1) is 11.3 Å². The number of carbonyl (C=O) groups excluding carboxylic acids is 1. The van der Waals surface area contributed by atoms with Crippen LogP contribution in [-0.2, 0) is 10.0 Å². The van der Waals surface area contributed by atoms with Gasteiger partial charge in [-0.2, -0.15) is 4.31 Å². The Morgan fingerprint density at radius 3 is 2.35 bits per heavy atom. The fraction of sp³-hybridized carbons (Fsp3) is 0.421. The summed E-state index contributed by atoms with van der Waals surface area (Å²) in [4.78, 5) is 14.4. The number of rotatable bonds is 4. The van der Waals surface area contributed by atoms with Crippen LogP contribution in [0.25, 0.3) is 0 Å². The number of piperidine rings is 1. The van der Waals surface area contributed by atoms with E-state index in [0.29, 0.717) is 35.7 Å². The van der Waals surface area contributed by atoms with Gasteiger partial charge in [-0.05, 0) is 69.0 Å². The minimum absolute atomic E-state index is 0.0103. The predicted molar refractivity (Wildman–Crippen MR) is 104 cm³/mol. The van der Waals surface area contributed by atoms with Crippen molar-refractivity contribution in [1.29, 1.82) is 0 Å². The molecule has 2 heterocycles. The molecule has 1 amide bonds. The first-order chi connectivity index (χ1) is 12.3. The first-order valence-electron chi connectivity index (χ1n) is 8.72. The largest absolute Gasteiger partial charge is 0.349 e. The molecule has 3 rings (SSSR count). The van der Waals surface area contributed by atoms with Crippen LogP contribution in [0.5, 0.6) is 0 Å². The van der Waals surface area contributed by atoms with Crippen molar-refractivity contribution in [3.05, 3.63) is 51.2 Å². The first-order valence-corrected chi connectivity index (χ1v) is 11.0. The molecule has 7 heteroatoms. The van der Waals surface area contributed by atoms with Gasteiger partial charge in [0.15, 0.2) is 0 Å². The zero-order valence-electron chi connectivity index (χ0n) is 15.3. The molecule has 140 valence electrons. The van der Waals surface area contributed by atoms with Gasteiger partial charge in [0, 0.05) is 24.0 Å². The van der Waals surface area contributed by atoms with Gasteiger partial charge in [0.1, 0.15) is 0 Å². The van der Waals surface area contributed by atoms with E-state index in [1.807, 2.05) is 39.0 Å². The molecule has 0 spiro atoms. The Balaban J connectivity index is 1.62. The van der Waals surface area contributed by atoms with Crippen molar-refractivity contribution in [2.24, 2.45) is 0 Å². The molecule has 1 N–H and O–H groups in total. The average molecular weight is 393 g/mol. The lowest BCUT2D eigenvalue weighted by Crippen LogP contribution is -2.46. The topological polar surface area (TPSA) is 66.5 Å². The van der Waals surface area contributed by atoms with Gasteiger partial charge in [0.05, 0.1) is 9.77 Å². The molecule has 0 aliphatic carbocycles. The third-order valence-electron chi connectivity index (χ3n) is 4.87. The summed E-state index contributed by atoms with van der Waals surface area (Å²) in [7, 11) is -3.48. The van der Waals surface area contributed by atoms with Crippen molar-refractivity contribution in [3.8, 4) is 0 Å². The second-order valence-electron chi connectivity index (χ2n) is 6.81. The number of aryl methyl sites for hydroxylation is 3. The second kappa shape index (κ2) is 7.50. The van der Waals surface area contributed by atoms with Crippen LogP contribution in [0, 0.1) is 20.8 Å². The van der Waals surface area contributed by atoms with Gasteiger partial charge in [0.2, 0.25) is 10.0 Å². The molecular weight excluding hydrogens is 368 g/mol. The van der Waals surface area contributed by atoms with E-state index in [4.69, 9.17) is 0 Å². The number of nitrogens with one attached hydrogen (secondary N) is 1. The Hall–Kier alpha value is -1.70. The molecule has 0 unspecified atom stereocenters. The Bertz CT molecular complexity index is 911. The summed E-state index contributed by atoms with van der Waals surface area (Å²) in [6.07, 6.45) is 1.25.